The Morgan fingerprint density at radius 3 is 1.67 bits per heavy atom. The molecule has 1 aromatic carbocycles. The Morgan fingerprint density at radius 2 is 1.25 bits per heavy atom. The summed E-state index contributed by atoms with van der Waals surface area (Å²) in [6.45, 7) is 13.8. The molecule has 138 valence electrons. The normalized spacial score (nSPS) is 13.9. The highest BCUT2D eigenvalue weighted by molar-refractivity contribution is 9.01. The average molecular weight is 421 g/mol. The van der Waals surface area contributed by atoms with Crippen molar-refractivity contribution >= 4 is 50.8 Å². The lowest BCUT2D eigenvalue weighted by atomic mass is 10.2. The summed E-state index contributed by atoms with van der Waals surface area (Å²) in [7, 11) is 0. The molecule has 5 heteroatoms. The minimum atomic E-state index is -1.59. The molecule has 0 aromatic heterocycles. The van der Waals surface area contributed by atoms with E-state index in [1.165, 1.54) is 22.8 Å². The fourth-order valence-electron chi connectivity index (χ4n) is 1.95. The molecular formula is C19H33PS4. The Hall–Kier alpha value is 0.920. The lowest BCUT2D eigenvalue weighted by Crippen LogP contribution is -2.01. The van der Waals surface area contributed by atoms with E-state index >= 15 is 0 Å². The number of benzene rings is 1. The first-order valence-corrected chi connectivity index (χ1v) is 15.9. The van der Waals surface area contributed by atoms with Crippen LogP contribution in [0.15, 0.2) is 30.3 Å². The molecular weight excluding hydrogens is 387 g/mol. The van der Waals surface area contributed by atoms with Gasteiger partial charge in [-0.15, -0.1) is 34.5 Å². The first-order chi connectivity index (χ1) is 11.2. The maximum atomic E-state index is 6.41. The summed E-state index contributed by atoms with van der Waals surface area (Å²) in [4.78, 5) is 0.462. The zero-order valence-corrected chi connectivity index (χ0v) is 20.1. The smallest absolute Gasteiger partial charge is 0.0759 e. The molecule has 0 N–H and O–H groups in total. The van der Waals surface area contributed by atoms with Crippen molar-refractivity contribution in [1.29, 1.82) is 0 Å². The third kappa shape index (κ3) is 8.54. The SMILES string of the molecule is CC(C)CSC(c1ccccc1)P(=S)(SCC(C)C)SCC(C)C. The van der Waals surface area contributed by atoms with Crippen LogP contribution in [0.4, 0.5) is 0 Å². The van der Waals surface area contributed by atoms with Gasteiger partial charge >= 0.3 is 0 Å². The van der Waals surface area contributed by atoms with Crippen molar-refractivity contribution in [1.82, 2.24) is 0 Å². The van der Waals surface area contributed by atoms with Gasteiger partial charge in [0.2, 0.25) is 0 Å². The van der Waals surface area contributed by atoms with E-state index in [4.69, 9.17) is 11.8 Å². The van der Waals surface area contributed by atoms with Crippen molar-refractivity contribution in [3.05, 3.63) is 35.9 Å². The number of hydrogen-bond donors (Lipinski definition) is 0. The van der Waals surface area contributed by atoms with E-state index in [1.54, 1.807) is 0 Å². The van der Waals surface area contributed by atoms with Gasteiger partial charge in [-0.2, -0.15) is 0 Å². The molecule has 0 aliphatic heterocycles. The highest BCUT2D eigenvalue weighted by Crippen LogP contribution is 2.80. The van der Waals surface area contributed by atoms with E-state index in [2.05, 4.69) is 106 Å². The minimum absolute atomic E-state index is 0.462. The minimum Gasteiger partial charge on any atom is -0.146 e. The molecule has 0 fully saturated rings. The van der Waals surface area contributed by atoms with Gasteiger partial charge in [0.1, 0.15) is 0 Å². The second-order valence-corrected chi connectivity index (χ2v) is 20.5. The molecule has 0 aliphatic rings. The van der Waals surface area contributed by atoms with Crippen molar-refractivity contribution in [2.75, 3.05) is 17.3 Å². The maximum Gasteiger partial charge on any atom is 0.0759 e. The van der Waals surface area contributed by atoms with Gasteiger partial charge in [0.05, 0.1) is 9.43 Å². The van der Waals surface area contributed by atoms with Crippen LogP contribution >= 0.6 is 39.0 Å². The summed E-state index contributed by atoms with van der Waals surface area (Å²) < 4.78 is -1.59. The molecule has 0 saturated heterocycles. The van der Waals surface area contributed by atoms with Gasteiger partial charge in [-0.1, -0.05) is 83.7 Å². The van der Waals surface area contributed by atoms with Crippen molar-refractivity contribution < 1.29 is 0 Å². The van der Waals surface area contributed by atoms with Crippen LogP contribution < -0.4 is 0 Å². The molecule has 0 bridgehead atoms. The summed E-state index contributed by atoms with van der Waals surface area (Å²) >= 11 is 12.7. The summed E-state index contributed by atoms with van der Waals surface area (Å²) in [6.07, 6.45) is 0. The van der Waals surface area contributed by atoms with Gasteiger partial charge in [-0.05, 0) is 29.1 Å². The quantitative estimate of drug-likeness (QED) is 0.331. The lowest BCUT2D eigenvalue weighted by Gasteiger charge is -2.32. The van der Waals surface area contributed by atoms with Crippen molar-refractivity contribution in [3.8, 4) is 0 Å². The summed E-state index contributed by atoms with van der Waals surface area (Å²) in [6, 6.07) is 11.0. The second-order valence-electron chi connectivity index (χ2n) is 7.41. The van der Waals surface area contributed by atoms with Gasteiger partial charge in [0, 0.05) is 11.5 Å². The highest BCUT2D eigenvalue weighted by Gasteiger charge is 2.32. The van der Waals surface area contributed by atoms with Gasteiger partial charge in [-0.3, -0.25) is 0 Å². The molecule has 24 heavy (non-hydrogen) atoms. The Labute approximate surface area is 167 Å². The van der Waals surface area contributed by atoms with Crippen LogP contribution in [0.25, 0.3) is 0 Å². The van der Waals surface area contributed by atoms with Gasteiger partial charge < -0.3 is 0 Å². The summed E-state index contributed by atoms with van der Waals surface area (Å²) in [5.74, 6) is 5.63. The monoisotopic (exact) mass is 420 g/mol. The van der Waals surface area contributed by atoms with Gasteiger partial charge in [0.15, 0.2) is 0 Å². The summed E-state index contributed by atoms with van der Waals surface area (Å²) in [5, 5.41) is 0. The highest BCUT2D eigenvalue weighted by atomic mass is 33.2. The van der Waals surface area contributed by atoms with Crippen LogP contribution in [0, 0.1) is 17.8 Å². The Bertz CT molecular complexity index is 483. The van der Waals surface area contributed by atoms with E-state index in [9.17, 15) is 0 Å². The molecule has 0 radical (unpaired) electrons. The van der Waals surface area contributed by atoms with Crippen LogP contribution in [0.2, 0.25) is 0 Å². The number of thioether (sulfide) groups is 1. The Morgan fingerprint density at radius 1 is 0.792 bits per heavy atom. The zero-order chi connectivity index (χ0) is 18.2. The predicted octanol–water partition coefficient (Wildman–Crippen LogP) is 8.16. The van der Waals surface area contributed by atoms with Crippen LogP contribution in [0.3, 0.4) is 0 Å². The molecule has 1 unspecified atom stereocenters. The van der Waals surface area contributed by atoms with Crippen molar-refractivity contribution in [2.24, 2.45) is 17.8 Å². The van der Waals surface area contributed by atoms with Crippen LogP contribution in [0.5, 0.6) is 0 Å². The predicted molar refractivity (Wildman–Crippen MR) is 125 cm³/mol. The van der Waals surface area contributed by atoms with Crippen molar-refractivity contribution in [3.63, 3.8) is 0 Å². The molecule has 1 aromatic rings. The lowest BCUT2D eigenvalue weighted by molar-refractivity contribution is 0.749. The first-order valence-electron chi connectivity index (χ1n) is 8.80. The molecule has 0 saturated carbocycles. The topological polar surface area (TPSA) is 0 Å². The second kappa shape index (κ2) is 11.6. The van der Waals surface area contributed by atoms with Crippen LogP contribution in [-0.4, -0.2) is 17.3 Å². The Balaban J connectivity index is 3.09. The third-order valence-electron chi connectivity index (χ3n) is 3.13. The number of hydrogen-bond acceptors (Lipinski definition) is 4. The van der Waals surface area contributed by atoms with E-state index in [0.29, 0.717) is 22.7 Å². The first kappa shape index (κ1) is 23.0. The van der Waals surface area contributed by atoms with Gasteiger partial charge in [-0.25, -0.2) is 0 Å². The van der Waals surface area contributed by atoms with E-state index in [0.717, 1.165) is 0 Å². The summed E-state index contributed by atoms with van der Waals surface area (Å²) in [5.41, 5.74) is 1.43. The average Bonchev–Trinajstić information content (AvgIpc) is 2.52. The van der Waals surface area contributed by atoms with Crippen LogP contribution in [0.1, 0.15) is 52.1 Å². The molecule has 1 atom stereocenters. The largest absolute Gasteiger partial charge is 0.146 e. The van der Waals surface area contributed by atoms with Crippen molar-refractivity contribution in [2.45, 2.75) is 46.5 Å². The zero-order valence-electron chi connectivity index (χ0n) is 15.9. The third-order valence-corrected chi connectivity index (χ3v) is 19.1. The maximum absolute atomic E-state index is 6.41. The molecule has 0 aliphatic carbocycles. The van der Waals surface area contributed by atoms with Gasteiger partial charge in [0.25, 0.3) is 0 Å². The molecule has 0 amide bonds. The van der Waals surface area contributed by atoms with E-state index in [-0.39, 0.29) is 0 Å². The standard InChI is InChI=1S/C19H33PS4/c1-15(2)12-22-19(18-10-8-7-9-11-18)20(21,23-13-16(3)4)24-14-17(5)6/h7-11,15-17,19H,12-14H2,1-6H3. The molecule has 0 spiro atoms. The molecule has 1 rings (SSSR count). The van der Waals surface area contributed by atoms with E-state index < -0.39 is 4.44 Å². The Kier molecular flexibility index (Phi) is 11.1. The molecule has 0 heterocycles. The molecule has 0 nitrogen and oxygen atoms in total. The fourth-order valence-corrected chi connectivity index (χ4v) is 16.5. The van der Waals surface area contributed by atoms with Crippen LogP contribution in [-0.2, 0) is 11.8 Å². The number of rotatable bonds is 11. The fraction of sp³-hybridized carbons (Fsp3) is 0.684. The van der Waals surface area contributed by atoms with E-state index in [1.807, 2.05) is 0 Å².